The highest BCUT2D eigenvalue weighted by atomic mass is 32.1. The fourth-order valence-electron chi connectivity index (χ4n) is 8.08. The van der Waals surface area contributed by atoms with Crippen LogP contribution in [0.2, 0.25) is 0 Å². The van der Waals surface area contributed by atoms with Crippen LogP contribution < -0.4 is 4.90 Å². The van der Waals surface area contributed by atoms with Gasteiger partial charge in [-0.25, -0.2) is 0 Å². The van der Waals surface area contributed by atoms with E-state index < -0.39 is 0 Å². The predicted octanol–water partition coefficient (Wildman–Crippen LogP) is 13.9. The van der Waals surface area contributed by atoms with E-state index in [2.05, 4.69) is 170 Å². The van der Waals surface area contributed by atoms with Crippen LogP contribution in [0.5, 0.6) is 0 Å². The van der Waals surface area contributed by atoms with Crippen molar-refractivity contribution >= 4 is 80.1 Å². The van der Waals surface area contributed by atoms with Gasteiger partial charge in [0.15, 0.2) is 0 Å². The molecule has 0 amide bonds. The van der Waals surface area contributed by atoms with Crippen LogP contribution in [0.15, 0.2) is 152 Å². The molecule has 0 unspecified atom stereocenters. The van der Waals surface area contributed by atoms with Crippen LogP contribution >= 0.6 is 22.7 Å². The lowest BCUT2D eigenvalue weighted by atomic mass is 9.82. The van der Waals surface area contributed by atoms with E-state index in [0.29, 0.717) is 0 Å². The molecule has 0 atom stereocenters. The molecule has 0 N–H and O–H groups in total. The maximum absolute atomic E-state index is 2.53. The molecule has 0 saturated carbocycles. The van der Waals surface area contributed by atoms with Gasteiger partial charge in [-0.15, -0.1) is 22.7 Å². The van der Waals surface area contributed by atoms with Crippen molar-refractivity contribution in [3.8, 4) is 22.3 Å². The smallest absolute Gasteiger partial charge is 0.0543 e. The number of hydrogen-bond donors (Lipinski definition) is 0. The molecule has 0 fully saturated rings. The number of fused-ring (bicyclic) bond motifs is 9. The molecular weight excluding hydrogens is 619 g/mol. The molecule has 7 aromatic carbocycles. The van der Waals surface area contributed by atoms with E-state index in [-0.39, 0.29) is 5.41 Å². The zero-order valence-corrected chi connectivity index (χ0v) is 28.3. The monoisotopic (exact) mass is 649 g/mol. The van der Waals surface area contributed by atoms with Gasteiger partial charge in [0, 0.05) is 62.6 Å². The molecule has 0 saturated heterocycles. The van der Waals surface area contributed by atoms with Crippen LogP contribution in [0, 0.1) is 0 Å². The molecule has 2 heterocycles. The van der Waals surface area contributed by atoms with Gasteiger partial charge in [-0.3, -0.25) is 0 Å². The second-order valence-electron chi connectivity index (χ2n) is 13.3. The van der Waals surface area contributed by atoms with Crippen LogP contribution in [0.25, 0.3) is 62.6 Å². The number of anilines is 3. The van der Waals surface area contributed by atoms with Crippen molar-refractivity contribution in [2.45, 2.75) is 19.3 Å². The van der Waals surface area contributed by atoms with Crippen LogP contribution in [-0.2, 0) is 5.41 Å². The zero-order chi connectivity index (χ0) is 32.0. The summed E-state index contributed by atoms with van der Waals surface area (Å²) in [7, 11) is 0. The number of nitrogens with zero attached hydrogens (tertiary/aromatic N) is 1. The minimum atomic E-state index is -0.0935. The third kappa shape index (κ3) is 3.95. The fourth-order valence-corrected chi connectivity index (χ4v) is 10.3. The lowest BCUT2D eigenvalue weighted by molar-refractivity contribution is 0.660. The Labute approximate surface area is 288 Å². The predicted molar refractivity (Wildman–Crippen MR) is 210 cm³/mol. The van der Waals surface area contributed by atoms with Gasteiger partial charge in [-0.2, -0.15) is 0 Å². The van der Waals surface area contributed by atoms with E-state index in [1.54, 1.807) is 0 Å². The summed E-state index contributed by atoms with van der Waals surface area (Å²) in [4.78, 5) is 2.53. The molecule has 2 aromatic heterocycles. The van der Waals surface area contributed by atoms with Gasteiger partial charge < -0.3 is 4.90 Å². The van der Waals surface area contributed by atoms with Gasteiger partial charge in [0.1, 0.15) is 0 Å². The first-order valence-electron chi connectivity index (χ1n) is 16.5. The van der Waals surface area contributed by atoms with Crippen LogP contribution in [0.4, 0.5) is 17.1 Å². The van der Waals surface area contributed by atoms with E-state index in [1.165, 1.54) is 90.8 Å². The Bertz CT molecular complexity index is 2730. The molecule has 3 heteroatoms. The first kappa shape index (κ1) is 27.9. The van der Waals surface area contributed by atoms with E-state index in [0.717, 1.165) is 0 Å². The molecular formula is C45H31NS2. The summed E-state index contributed by atoms with van der Waals surface area (Å²) < 4.78 is 5.27. The molecule has 0 aliphatic heterocycles. The normalized spacial score (nSPS) is 13.4. The Morgan fingerprint density at radius 1 is 0.438 bits per heavy atom. The van der Waals surface area contributed by atoms with E-state index in [4.69, 9.17) is 0 Å². The van der Waals surface area contributed by atoms with Crippen molar-refractivity contribution in [2.75, 3.05) is 4.90 Å². The molecule has 0 spiro atoms. The first-order chi connectivity index (χ1) is 23.6. The molecule has 48 heavy (non-hydrogen) atoms. The minimum Gasteiger partial charge on any atom is -0.309 e. The first-order valence-corrected chi connectivity index (χ1v) is 18.2. The average molecular weight is 650 g/mol. The molecule has 1 nitrogen and oxygen atoms in total. The number of hydrogen-bond acceptors (Lipinski definition) is 3. The summed E-state index contributed by atoms with van der Waals surface area (Å²) in [5.41, 5.74) is 11.4. The van der Waals surface area contributed by atoms with Crippen LogP contribution in [0.3, 0.4) is 0 Å². The summed E-state index contributed by atoms with van der Waals surface area (Å²) in [6.45, 7) is 4.73. The van der Waals surface area contributed by atoms with Crippen molar-refractivity contribution in [2.24, 2.45) is 0 Å². The summed E-state index contributed by atoms with van der Waals surface area (Å²) in [6, 6.07) is 56.3. The Morgan fingerprint density at radius 3 is 1.90 bits per heavy atom. The van der Waals surface area contributed by atoms with Crippen molar-refractivity contribution in [1.29, 1.82) is 0 Å². The van der Waals surface area contributed by atoms with Crippen molar-refractivity contribution in [1.82, 2.24) is 0 Å². The molecule has 1 aliphatic rings. The van der Waals surface area contributed by atoms with E-state index in [1.807, 2.05) is 22.7 Å². The molecule has 0 bridgehead atoms. The standard InChI is InChI=1S/C45H31NS2/c1-45(2)35-18-7-3-15-33(35)44-36(45)19-12-21-38(44)46(28-25-26-31-30-14-5-9-22-39(30)48-42(31)27-28)37-20-8-4-13-29(37)32-17-11-24-41-43(32)34-16-6-10-23-40(34)47-41/h3-27H,1-2H3. The molecule has 10 rings (SSSR count). The van der Waals surface area contributed by atoms with Gasteiger partial charge in [-0.1, -0.05) is 123 Å². The third-order valence-electron chi connectivity index (χ3n) is 10.3. The second-order valence-corrected chi connectivity index (χ2v) is 15.4. The maximum Gasteiger partial charge on any atom is 0.0543 e. The number of thiophene rings is 2. The summed E-state index contributed by atoms with van der Waals surface area (Å²) >= 11 is 3.75. The average Bonchev–Trinajstić information content (AvgIpc) is 3.77. The maximum atomic E-state index is 2.53. The summed E-state index contributed by atoms with van der Waals surface area (Å²) in [6.07, 6.45) is 0. The summed E-state index contributed by atoms with van der Waals surface area (Å²) in [5.74, 6) is 0. The lowest BCUT2D eigenvalue weighted by Crippen LogP contribution is -2.16. The van der Waals surface area contributed by atoms with Crippen LogP contribution in [0.1, 0.15) is 25.0 Å². The number of para-hydroxylation sites is 1. The molecule has 9 aromatic rings. The van der Waals surface area contributed by atoms with Gasteiger partial charge in [-0.05, 0) is 64.7 Å². The highest BCUT2D eigenvalue weighted by Crippen LogP contribution is 2.55. The van der Waals surface area contributed by atoms with Gasteiger partial charge in [0.25, 0.3) is 0 Å². The van der Waals surface area contributed by atoms with Gasteiger partial charge >= 0.3 is 0 Å². The van der Waals surface area contributed by atoms with E-state index in [9.17, 15) is 0 Å². The lowest BCUT2D eigenvalue weighted by Gasteiger charge is -2.30. The quantitative estimate of drug-likeness (QED) is 0.183. The Morgan fingerprint density at radius 2 is 1.02 bits per heavy atom. The Balaban J connectivity index is 1.29. The van der Waals surface area contributed by atoms with Gasteiger partial charge in [0.2, 0.25) is 0 Å². The fraction of sp³-hybridized carbons (Fsp3) is 0.0667. The largest absolute Gasteiger partial charge is 0.309 e. The van der Waals surface area contributed by atoms with E-state index >= 15 is 0 Å². The summed E-state index contributed by atoms with van der Waals surface area (Å²) in [5, 5.41) is 5.28. The second kappa shape index (κ2) is 10.4. The van der Waals surface area contributed by atoms with Crippen molar-refractivity contribution < 1.29 is 0 Å². The topological polar surface area (TPSA) is 3.24 Å². The minimum absolute atomic E-state index is 0.0935. The molecule has 0 radical (unpaired) electrons. The van der Waals surface area contributed by atoms with Gasteiger partial charge in [0.05, 0.1) is 11.4 Å². The Hall–Kier alpha value is -5.22. The number of benzene rings is 7. The highest BCUT2D eigenvalue weighted by Gasteiger charge is 2.38. The van der Waals surface area contributed by atoms with Crippen molar-refractivity contribution in [3.05, 3.63) is 163 Å². The van der Waals surface area contributed by atoms with Crippen molar-refractivity contribution in [3.63, 3.8) is 0 Å². The molecule has 1 aliphatic carbocycles. The number of rotatable bonds is 4. The molecule has 228 valence electrons. The van der Waals surface area contributed by atoms with Crippen LogP contribution in [-0.4, -0.2) is 0 Å². The Kier molecular flexibility index (Phi) is 6.03. The SMILES string of the molecule is CC1(C)c2ccccc2-c2c(N(c3ccc4c(c3)sc3ccccc34)c3ccccc3-c3cccc4sc5ccccc5c34)cccc21. The third-order valence-corrected chi connectivity index (χ3v) is 12.6. The highest BCUT2D eigenvalue weighted by molar-refractivity contribution is 7.26. The zero-order valence-electron chi connectivity index (χ0n) is 26.7.